The molecular formula is C17H11BrN4. The molecule has 0 saturated heterocycles. The molecular weight excluding hydrogens is 340 g/mol. The first-order chi connectivity index (χ1) is 10.8. The topological polar surface area (TPSA) is 43.6 Å². The van der Waals surface area contributed by atoms with Gasteiger partial charge in [-0.25, -0.2) is 4.98 Å². The maximum atomic E-state index is 4.73. The zero-order valence-electron chi connectivity index (χ0n) is 11.5. The molecule has 0 amide bonds. The van der Waals surface area contributed by atoms with Crippen LogP contribution in [0.2, 0.25) is 0 Å². The first-order valence-electron chi connectivity index (χ1n) is 6.83. The Labute approximate surface area is 135 Å². The fourth-order valence-corrected chi connectivity index (χ4v) is 2.74. The molecule has 0 bridgehead atoms. The third-order valence-corrected chi connectivity index (χ3v) is 4.01. The largest absolute Gasteiger partial charge is 0.291 e. The van der Waals surface area contributed by atoms with Crippen LogP contribution >= 0.6 is 15.9 Å². The van der Waals surface area contributed by atoms with Crippen LogP contribution in [0.15, 0.2) is 71.5 Å². The van der Waals surface area contributed by atoms with Gasteiger partial charge in [0.1, 0.15) is 11.3 Å². The standard InChI is InChI=1S/C17H11BrN4/c18-13-6-8-14(9-7-13)22-16-11-20-19-10-15(16)21-17(22)12-4-2-1-3-5-12/h1-11H. The van der Waals surface area contributed by atoms with E-state index in [4.69, 9.17) is 4.98 Å². The van der Waals surface area contributed by atoms with Crippen LogP contribution in [0.1, 0.15) is 0 Å². The van der Waals surface area contributed by atoms with Gasteiger partial charge in [0.25, 0.3) is 0 Å². The molecule has 0 unspecified atom stereocenters. The Morgan fingerprint density at radius 2 is 1.55 bits per heavy atom. The van der Waals surface area contributed by atoms with Crippen molar-refractivity contribution in [2.45, 2.75) is 0 Å². The second-order valence-corrected chi connectivity index (χ2v) is 5.79. The molecule has 4 nitrogen and oxygen atoms in total. The Morgan fingerprint density at radius 3 is 2.32 bits per heavy atom. The average molecular weight is 351 g/mol. The average Bonchev–Trinajstić information content (AvgIpc) is 2.96. The summed E-state index contributed by atoms with van der Waals surface area (Å²) in [7, 11) is 0. The summed E-state index contributed by atoms with van der Waals surface area (Å²) in [5, 5.41) is 7.94. The lowest BCUT2D eigenvalue weighted by molar-refractivity contribution is 1.03. The maximum Gasteiger partial charge on any atom is 0.145 e. The van der Waals surface area contributed by atoms with Crippen molar-refractivity contribution >= 4 is 27.0 Å². The van der Waals surface area contributed by atoms with E-state index in [1.54, 1.807) is 12.4 Å². The van der Waals surface area contributed by atoms with Gasteiger partial charge in [0.05, 0.1) is 17.9 Å². The third-order valence-electron chi connectivity index (χ3n) is 3.49. The van der Waals surface area contributed by atoms with Gasteiger partial charge in [0.2, 0.25) is 0 Å². The van der Waals surface area contributed by atoms with Crippen LogP contribution in [0.25, 0.3) is 28.1 Å². The second kappa shape index (κ2) is 5.35. The van der Waals surface area contributed by atoms with Gasteiger partial charge in [0, 0.05) is 15.7 Å². The number of benzene rings is 2. The number of fused-ring (bicyclic) bond motifs is 1. The van der Waals surface area contributed by atoms with Gasteiger partial charge in [-0.3, -0.25) is 4.57 Å². The van der Waals surface area contributed by atoms with Crippen molar-refractivity contribution in [3.05, 3.63) is 71.5 Å². The number of aromatic nitrogens is 4. The first kappa shape index (κ1) is 13.2. The minimum absolute atomic E-state index is 0.830. The van der Waals surface area contributed by atoms with Crippen LogP contribution in [0.4, 0.5) is 0 Å². The quantitative estimate of drug-likeness (QED) is 0.542. The minimum Gasteiger partial charge on any atom is -0.291 e. The molecule has 0 aliphatic rings. The van der Waals surface area contributed by atoms with Crippen molar-refractivity contribution in [2.75, 3.05) is 0 Å². The van der Waals surface area contributed by atoms with Crippen LogP contribution in [0, 0.1) is 0 Å². The predicted molar refractivity (Wildman–Crippen MR) is 89.8 cm³/mol. The van der Waals surface area contributed by atoms with Crippen molar-refractivity contribution < 1.29 is 0 Å². The number of hydrogen-bond acceptors (Lipinski definition) is 3. The first-order valence-corrected chi connectivity index (χ1v) is 7.63. The molecule has 0 radical (unpaired) electrons. The highest BCUT2D eigenvalue weighted by molar-refractivity contribution is 9.10. The van der Waals surface area contributed by atoms with Crippen molar-refractivity contribution in [2.24, 2.45) is 0 Å². The number of imidazole rings is 1. The van der Waals surface area contributed by atoms with Crippen molar-refractivity contribution in [1.29, 1.82) is 0 Å². The summed E-state index contributed by atoms with van der Waals surface area (Å²) in [6.07, 6.45) is 3.44. The molecule has 2 aromatic carbocycles. The molecule has 2 aromatic heterocycles. The van der Waals surface area contributed by atoms with Crippen LogP contribution in [-0.2, 0) is 0 Å². The summed E-state index contributed by atoms with van der Waals surface area (Å²) in [5.74, 6) is 0.882. The third kappa shape index (κ3) is 2.19. The van der Waals surface area contributed by atoms with Crippen molar-refractivity contribution in [3.8, 4) is 17.1 Å². The van der Waals surface area contributed by atoms with E-state index in [2.05, 4.69) is 55.0 Å². The molecule has 0 aliphatic carbocycles. The second-order valence-electron chi connectivity index (χ2n) is 4.87. The predicted octanol–water partition coefficient (Wildman–Crippen LogP) is 4.25. The molecule has 2 heterocycles. The molecule has 22 heavy (non-hydrogen) atoms. The highest BCUT2D eigenvalue weighted by Gasteiger charge is 2.14. The smallest absolute Gasteiger partial charge is 0.145 e. The Kier molecular flexibility index (Phi) is 3.20. The number of nitrogens with zero attached hydrogens (tertiary/aromatic N) is 4. The molecule has 0 aliphatic heterocycles. The lowest BCUT2D eigenvalue weighted by atomic mass is 10.2. The molecule has 4 aromatic rings. The van der Waals surface area contributed by atoms with Crippen molar-refractivity contribution in [3.63, 3.8) is 0 Å². The van der Waals surface area contributed by atoms with Crippen LogP contribution < -0.4 is 0 Å². The maximum absolute atomic E-state index is 4.73. The Hall–Kier alpha value is -2.53. The van der Waals surface area contributed by atoms with Crippen LogP contribution in [0.5, 0.6) is 0 Å². The fourth-order valence-electron chi connectivity index (χ4n) is 2.48. The molecule has 0 saturated carbocycles. The molecule has 5 heteroatoms. The summed E-state index contributed by atoms with van der Waals surface area (Å²) < 4.78 is 3.15. The lowest BCUT2D eigenvalue weighted by Crippen LogP contribution is -1.97. The van der Waals surface area contributed by atoms with Gasteiger partial charge in [0.15, 0.2) is 0 Å². The van der Waals surface area contributed by atoms with E-state index in [0.29, 0.717) is 0 Å². The minimum atomic E-state index is 0.830. The lowest BCUT2D eigenvalue weighted by Gasteiger charge is -2.09. The highest BCUT2D eigenvalue weighted by Crippen LogP contribution is 2.28. The molecule has 106 valence electrons. The zero-order chi connectivity index (χ0) is 14.9. The zero-order valence-corrected chi connectivity index (χ0v) is 13.1. The fraction of sp³-hybridized carbons (Fsp3) is 0. The van der Waals surface area contributed by atoms with E-state index in [-0.39, 0.29) is 0 Å². The summed E-state index contributed by atoms with van der Waals surface area (Å²) in [6.45, 7) is 0. The van der Waals surface area contributed by atoms with Gasteiger partial charge >= 0.3 is 0 Å². The summed E-state index contributed by atoms with van der Waals surface area (Å²) in [6, 6.07) is 18.3. The van der Waals surface area contributed by atoms with Crippen LogP contribution in [-0.4, -0.2) is 19.7 Å². The van der Waals surface area contributed by atoms with Gasteiger partial charge in [-0.05, 0) is 24.3 Å². The highest BCUT2D eigenvalue weighted by atomic mass is 79.9. The summed E-state index contributed by atoms with van der Waals surface area (Å²) in [4.78, 5) is 4.73. The van der Waals surface area contributed by atoms with Gasteiger partial charge < -0.3 is 0 Å². The number of hydrogen-bond donors (Lipinski definition) is 0. The van der Waals surface area contributed by atoms with E-state index in [0.717, 1.165) is 32.6 Å². The normalized spacial score (nSPS) is 11.0. The Bertz CT molecular complexity index is 930. The SMILES string of the molecule is Brc1ccc(-n2c(-c3ccccc3)nc3cnncc32)cc1. The van der Waals surface area contributed by atoms with E-state index in [1.807, 2.05) is 30.3 Å². The van der Waals surface area contributed by atoms with Gasteiger partial charge in [-0.2, -0.15) is 10.2 Å². The molecule has 0 atom stereocenters. The number of rotatable bonds is 2. The molecule has 0 N–H and O–H groups in total. The van der Waals surface area contributed by atoms with E-state index in [9.17, 15) is 0 Å². The van der Waals surface area contributed by atoms with Gasteiger partial charge in [-0.1, -0.05) is 46.3 Å². The Morgan fingerprint density at radius 1 is 0.818 bits per heavy atom. The number of halogens is 1. The van der Waals surface area contributed by atoms with Crippen molar-refractivity contribution in [1.82, 2.24) is 19.7 Å². The van der Waals surface area contributed by atoms with E-state index >= 15 is 0 Å². The molecule has 0 spiro atoms. The molecule has 4 rings (SSSR count). The monoisotopic (exact) mass is 350 g/mol. The van der Waals surface area contributed by atoms with E-state index in [1.165, 1.54) is 0 Å². The van der Waals surface area contributed by atoms with Crippen LogP contribution in [0.3, 0.4) is 0 Å². The molecule has 0 fully saturated rings. The Balaban J connectivity index is 2.04. The van der Waals surface area contributed by atoms with E-state index < -0.39 is 0 Å². The summed E-state index contributed by atoms with van der Waals surface area (Å²) in [5.41, 5.74) is 3.87. The summed E-state index contributed by atoms with van der Waals surface area (Å²) >= 11 is 3.47. The van der Waals surface area contributed by atoms with Gasteiger partial charge in [-0.15, -0.1) is 0 Å².